The lowest BCUT2D eigenvalue weighted by molar-refractivity contribution is 0.463. The number of rotatable bonds is 0. The van der Waals surface area contributed by atoms with Crippen LogP contribution in [0.2, 0.25) is 0 Å². The van der Waals surface area contributed by atoms with Crippen LogP contribution in [0.4, 0.5) is 4.39 Å². The second-order valence-corrected chi connectivity index (χ2v) is 2.99. The number of nitrogens with one attached hydrogen (secondary N) is 1. The van der Waals surface area contributed by atoms with Gasteiger partial charge in [-0.05, 0) is 24.6 Å². The highest BCUT2D eigenvalue weighted by Gasteiger charge is 2.13. The number of hydrogen-bond donors (Lipinski definition) is 2. The molecule has 0 spiro atoms. The summed E-state index contributed by atoms with van der Waals surface area (Å²) in [5.41, 5.74) is 1.62. The van der Waals surface area contributed by atoms with Crippen LogP contribution in [0.1, 0.15) is 11.1 Å². The average molecular weight is 167 g/mol. The van der Waals surface area contributed by atoms with Crippen molar-refractivity contribution in [3.05, 3.63) is 29.1 Å². The zero-order valence-electron chi connectivity index (χ0n) is 6.60. The van der Waals surface area contributed by atoms with Crippen LogP contribution < -0.4 is 5.32 Å². The van der Waals surface area contributed by atoms with E-state index < -0.39 is 0 Å². The van der Waals surface area contributed by atoms with E-state index in [0.717, 1.165) is 24.6 Å². The minimum Gasteiger partial charge on any atom is -0.508 e. The molecular weight excluding hydrogens is 157 g/mol. The monoisotopic (exact) mass is 167 g/mol. The third-order valence-electron chi connectivity index (χ3n) is 2.15. The average Bonchev–Trinajstić information content (AvgIpc) is 2.04. The van der Waals surface area contributed by atoms with Crippen LogP contribution in [0.25, 0.3) is 0 Å². The number of phenolic OH excluding ortho intramolecular Hbond substituents is 1. The van der Waals surface area contributed by atoms with Crippen molar-refractivity contribution in [3.63, 3.8) is 0 Å². The summed E-state index contributed by atoms with van der Waals surface area (Å²) in [5.74, 6) is -0.287. The van der Waals surface area contributed by atoms with Crippen molar-refractivity contribution in [1.82, 2.24) is 5.32 Å². The van der Waals surface area contributed by atoms with E-state index in [4.69, 9.17) is 5.11 Å². The number of phenols is 1. The lowest BCUT2D eigenvalue weighted by atomic mass is 10.0. The molecule has 12 heavy (non-hydrogen) atoms. The smallest absolute Gasteiger partial charge is 0.131 e. The Morgan fingerprint density at radius 1 is 1.42 bits per heavy atom. The van der Waals surface area contributed by atoms with Crippen LogP contribution in [-0.4, -0.2) is 11.7 Å². The zero-order chi connectivity index (χ0) is 8.55. The number of hydrogen-bond acceptors (Lipinski definition) is 2. The molecule has 64 valence electrons. The Morgan fingerprint density at radius 3 is 3.08 bits per heavy atom. The van der Waals surface area contributed by atoms with Crippen LogP contribution >= 0.6 is 0 Å². The van der Waals surface area contributed by atoms with E-state index in [1.165, 1.54) is 0 Å². The Balaban J connectivity index is 2.53. The van der Waals surface area contributed by atoms with E-state index in [0.29, 0.717) is 12.1 Å². The van der Waals surface area contributed by atoms with Crippen molar-refractivity contribution < 1.29 is 9.50 Å². The van der Waals surface area contributed by atoms with Gasteiger partial charge >= 0.3 is 0 Å². The highest BCUT2D eigenvalue weighted by Crippen LogP contribution is 2.22. The molecule has 0 fully saturated rings. The van der Waals surface area contributed by atoms with Crippen molar-refractivity contribution in [2.24, 2.45) is 0 Å². The molecule has 0 saturated carbocycles. The maximum absolute atomic E-state index is 13.1. The van der Waals surface area contributed by atoms with E-state index in [-0.39, 0.29) is 11.6 Å². The summed E-state index contributed by atoms with van der Waals surface area (Å²) in [5, 5.41) is 12.2. The lowest BCUT2D eigenvalue weighted by Crippen LogP contribution is -2.24. The van der Waals surface area contributed by atoms with Gasteiger partial charge in [0.1, 0.15) is 11.6 Å². The molecule has 0 aliphatic carbocycles. The molecule has 2 rings (SSSR count). The summed E-state index contributed by atoms with van der Waals surface area (Å²) in [7, 11) is 0. The summed E-state index contributed by atoms with van der Waals surface area (Å²) in [6.07, 6.45) is 0.792. The van der Waals surface area contributed by atoms with Crippen molar-refractivity contribution in [1.29, 1.82) is 0 Å². The molecule has 2 nitrogen and oxygen atoms in total. The second-order valence-electron chi connectivity index (χ2n) is 2.99. The molecule has 3 heteroatoms. The molecule has 0 amide bonds. The van der Waals surface area contributed by atoms with Gasteiger partial charge in [0.25, 0.3) is 0 Å². The fraction of sp³-hybridized carbons (Fsp3) is 0.333. The number of aromatic hydroxyl groups is 1. The van der Waals surface area contributed by atoms with E-state index >= 15 is 0 Å². The highest BCUT2D eigenvalue weighted by atomic mass is 19.1. The molecule has 0 radical (unpaired) electrons. The fourth-order valence-corrected chi connectivity index (χ4v) is 1.54. The second kappa shape index (κ2) is 2.75. The summed E-state index contributed by atoms with van der Waals surface area (Å²) in [4.78, 5) is 0. The van der Waals surface area contributed by atoms with Crippen LogP contribution in [0, 0.1) is 5.82 Å². The van der Waals surface area contributed by atoms with Crippen molar-refractivity contribution >= 4 is 0 Å². The van der Waals surface area contributed by atoms with Crippen molar-refractivity contribution in [2.75, 3.05) is 6.54 Å². The molecular formula is C9H10FNO. The van der Waals surface area contributed by atoms with Gasteiger partial charge in [-0.15, -0.1) is 0 Å². The number of fused-ring (bicyclic) bond motifs is 1. The zero-order valence-corrected chi connectivity index (χ0v) is 6.60. The highest BCUT2D eigenvalue weighted by molar-refractivity contribution is 5.37. The van der Waals surface area contributed by atoms with Crippen molar-refractivity contribution in [3.8, 4) is 5.75 Å². The van der Waals surface area contributed by atoms with E-state index in [2.05, 4.69) is 5.32 Å². The molecule has 0 bridgehead atoms. The molecule has 0 aromatic heterocycles. The molecule has 0 saturated heterocycles. The van der Waals surface area contributed by atoms with Gasteiger partial charge in [-0.2, -0.15) is 0 Å². The van der Waals surface area contributed by atoms with Gasteiger partial charge in [-0.1, -0.05) is 0 Å². The normalized spacial score (nSPS) is 15.8. The lowest BCUT2D eigenvalue weighted by Gasteiger charge is -2.17. The Morgan fingerprint density at radius 2 is 2.25 bits per heavy atom. The third kappa shape index (κ3) is 1.16. The van der Waals surface area contributed by atoms with Gasteiger partial charge < -0.3 is 10.4 Å². The van der Waals surface area contributed by atoms with Crippen LogP contribution in [-0.2, 0) is 13.0 Å². The van der Waals surface area contributed by atoms with Crippen LogP contribution in [0.15, 0.2) is 12.1 Å². The molecule has 1 aliphatic heterocycles. The Kier molecular flexibility index (Phi) is 1.73. The Bertz CT molecular complexity index is 312. The maximum atomic E-state index is 13.1. The minimum atomic E-state index is -0.308. The largest absolute Gasteiger partial charge is 0.508 e. The van der Waals surface area contributed by atoms with Crippen molar-refractivity contribution in [2.45, 2.75) is 13.0 Å². The van der Waals surface area contributed by atoms with Gasteiger partial charge in [0.15, 0.2) is 0 Å². The number of halogens is 1. The third-order valence-corrected chi connectivity index (χ3v) is 2.15. The van der Waals surface area contributed by atoms with Gasteiger partial charge in [-0.25, -0.2) is 4.39 Å². The molecule has 2 N–H and O–H groups in total. The fourth-order valence-electron chi connectivity index (χ4n) is 1.54. The molecule has 0 atom stereocenters. The first-order valence-electron chi connectivity index (χ1n) is 3.98. The predicted octanol–water partition coefficient (Wildman–Crippen LogP) is 1.18. The summed E-state index contributed by atoms with van der Waals surface area (Å²) < 4.78 is 13.1. The van der Waals surface area contributed by atoms with Crippen LogP contribution in [0.3, 0.4) is 0 Å². The maximum Gasteiger partial charge on any atom is 0.131 e. The summed E-state index contributed by atoms with van der Waals surface area (Å²) >= 11 is 0. The number of benzene rings is 1. The standard InChI is InChI=1S/C9H10FNO/c10-9-4-7(12)3-6-1-2-11-5-8(6)9/h3-4,11-12H,1-2,5H2. The first kappa shape index (κ1) is 7.55. The van der Waals surface area contributed by atoms with E-state index in [1.54, 1.807) is 6.07 Å². The molecule has 0 unspecified atom stereocenters. The SMILES string of the molecule is Oc1cc(F)c2c(c1)CCNC2. The van der Waals surface area contributed by atoms with Gasteiger partial charge in [0, 0.05) is 18.2 Å². The van der Waals surface area contributed by atoms with Gasteiger partial charge in [0.2, 0.25) is 0 Å². The quantitative estimate of drug-likeness (QED) is 0.608. The Hall–Kier alpha value is -1.09. The molecule has 1 aliphatic rings. The van der Waals surface area contributed by atoms with E-state index in [9.17, 15) is 4.39 Å². The predicted molar refractivity (Wildman–Crippen MR) is 43.5 cm³/mol. The first-order valence-corrected chi connectivity index (χ1v) is 3.98. The summed E-state index contributed by atoms with van der Waals surface area (Å²) in [6.45, 7) is 1.43. The topological polar surface area (TPSA) is 32.3 Å². The molecule has 1 aromatic rings. The van der Waals surface area contributed by atoms with Gasteiger partial charge in [-0.3, -0.25) is 0 Å². The first-order chi connectivity index (χ1) is 5.77. The van der Waals surface area contributed by atoms with Gasteiger partial charge in [0.05, 0.1) is 0 Å². The molecule has 1 heterocycles. The Labute approximate surface area is 70.0 Å². The minimum absolute atomic E-state index is 0.0214. The molecule has 1 aromatic carbocycles. The van der Waals surface area contributed by atoms with E-state index in [1.807, 2.05) is 0 Å². The summed E-state index contributed by atoms with van der Waals surface area (Å²) in [6, 6.07) is 2.80. The van der Waals surface area contributed by atoms with Crippen LogP contribution in [0.5, 0.6) is 5.75 Å².